The maximum absolute atomic E-state index is 13.8. The number of aliphatic hydroxyl groups is 1. The Hall–Kier alpha value is -7.82. The van der Waals surface area contributed by atoms with Crippen LogP contribution in [0.5, 0.6) is 0 Å². The van der Waals surface area contributed by atoms with Crippen LogP contribution in [0.4, 0.5) is 14.4 Å². The molecule has 1 unspecified atom stereocenters. The summed E-state index contributed by atoms with van der Waals surface area (Å²) in [5.41, 5.74) is 13.4. The number of ether oxygens (including phenoxy) is 4. The molecule has 4 heterocycles. The highest BCUT2D eigenvalue weighted by molar-refractivity contribution is 7.33. The average Bonchev–Trinajstić information content (AvgIpc) is 1.89. The average molecular weight is 1360 g/mol. The molecule has 14 N–H and O–H groups in total. The summed E-state index contributed by atoms with van der Waals surface area (Å²) in [4.78, 5) is 77.6. The molecule has 1 atom stereocenters. The van der Waals surface area contributed by atoms with Gasteiger partial charge in [-0.2, -0.15) is 0 Å². The van der Waals surface area contributed by atoms with Crippen molar-refractivity contribution in [2.24, 2.45) is 33.5 Å². The molecule has 2 aliphatic heterocycles. The second-order valence-electron chi connectivity index (χ2n) is 24.6. The molecule has 528 valence electrons. The lowest BCUT2D eigenvalue weighted by molar-refractivity contribution is -0.132. The Labute approximate surface area is 554 Å². The van der Waals surface area contributed by atoms with Crippen LogP contribution in [0.25, 0.3) is 0 Å². The van der Waals surface area contributed by atoms with Crippen LogP contribution >= 0.6 is 20.5 Å². The first kappa shape index (κ1) is 83.2. The smallest absolute Gasteiger partial charge is 0.407 e. The number of nitrogens with two attached hydrogens (primary N) is 4. The molecule has 0 saturated carbocycles. The summed E-state index contributed by atoms with van der Waals surface area (Å²) in [7, 11) is 4.98. The number of aromatic nitrogens is 6. The monoisotopic (exact) mass is 1360 g/mol. The van der Waals surface area contributed by atoms with Gasteiger partial charge in [0, 0.05) is 83.5 Å². The van der Waals surface area contributed by atoms with Gasteiger partial charge in [-0.3, -0.25) is 24.1 Å². The van der Waals surface area contributed by atoms with Crippen LogP contribution in [-0.4, -0.2) is 241 Å². The van der Waals surface area contributed by atoms with Gasteiger partial charge in [-0.15, -0.1) is 26.9 Å². The molecule has 2 aromatic rings. The molecule has 0 spiro atoms. The largest absolute Gasteiger partial charge is 0.444 e. The van der Waals surface area contributed by atoms with Gasteiger partial charge in [0.1, 0.15) is 40.6 Å². The maximum Gasteiger partial charge on any atom is 0.407 e. The van der Waals surface area contributed by atoms with Crippen molar-refractivity contribution in [2.45, 2.75) is 139 Å². The minimum Gasteiger partial charge on any atom is -0.444 e. The number of amides is 6. The number of nitrogens with zero attached hydrogens (tertiary/aromatic N) is 15. The number of rotatable bonds is 31. The Balaban J connectivity index is 0.000000878. The second kappa shape index (κ2) is 42.4. The summed E-state index contributed by atoms with van der Waals surface area (Å²) in [6, 6.07) is 0. The van der Waals surface area contributed by atoms with Crippen LogP contribution in [0.1, 0.15) is 101 Å². The van der Waals surface area contributed by atoms with Crippen molar-refractivity contribution in [3.8, 4) is 0 Å². The zero-order valence-corrected chi connectivity index (χ0v) is 59.0. The van der Waals surface area contributed by atoms with Crippen molar-refractivity contribution >= 4 is 57.0 Å². The molecule has 6 amide bonds. The van der Waals surface area contributed by atoms with Crippen LogP contribution in [0.15, 0.2) is 70.2 Å². The topological polar surface area (TPSA) is 433 Å². The first-order chi connectivity index (χ1) is 43.5. The fourth-order valence-corrected chi connectivity index (χ4v) is 8.18. The summed E-state index contributed by atoms with van der Waals surface area (Å²) in [5.74, 6) is 11.0. The van der Waals surface area contributed by atoms with E-state index in [1.165, 1.54) is 36.9 Å². The lowest BCUT2D eigenvalue weighted by Gasteiger charge is -2.23. The molecule has 0 fully saturated rings. The van der Waals surface area contributed by atoms with E-state index in [9.17, 15) is 28.8 Å². The molecular weight excluding hydrogens is 1250 g/mol. The SMILES string of the molecule is CC(C)(C)OC(=O)NCCN(N)/C=C(\N)CN(C=O)C/C(N)=C/N(N)CCNC(=O)OC(C)(C)C.CCN1CC=C(CN(Cc2cn(CC(=O)N(CC3=CN(CCNC)PN3)Cc3cn(CCNC(=O)OC(C)(C)C)nn3)nn2)C(=O)CCl)N=N1.CO.COC(C)(C)C. The molecule has 0 radical (unpaired) electrons. The van der Waals surface area contributed by atoms with Crippen molar-refractivity contribution in [3.05, 3.63) is 71.2 Å². The number of hydrazine groups is 2. The van der Waals surface area contributed by atoms with E-state index in [2.05, 4.69) is 62.0 Å². The molecule has 2 aliphatic rings. The van der Waals surface area contributed by atoms with Gasteiger partial charge in [-0.1, -0.05) is 15.7 Å². The number of alkyl carbamates (subject to hydrolysis) is 3. The minimum atomic E-state index is -0.594. The highest BCUT2D eigenvalue weighted by atomic mass is 35.5. The molecule has 0 saturated heterocycles. The number of likely N-dealkylation sites (N-methyl/N-ethyl adjacent to an activating group) is 2. The zero-order valence-electron chi connectivity index (χ0n) is 57.2. The van der Waals surface area contributed by atoms with E-state index in [0.29, 0.717) is 70.0 Å². The summed E-state index contributed by atoms with van der Waals surface area (Å²) >= 11 is 5.90. The number of carbonyl (C=O) groups is 6. The summed E-state index contributed by atoms with van der Waals surface area (Å²) in [5, 5.41) is 50.9. The van der Waals surface area contributed by atoms with E-state index >= 15 is 0 Å². The molecule has 35 nitrogen and oxygen atoms in total. The molecule has 0 aromatic carbocycles. The third-order valence-corrected chi connectivity index (χ3v) is 12.8. The lowest BCUT2D eigenvalue weighted by atomic mass is 10.2. The van der Waals surface area contributed by atoms with E-state index in [0.717, 1.165) is 32.4 Å². The van der Waals surface area contributed by atoms with Crippen LogP contribution < -0.4 is 49.5 Å². The van der Waals surface area contributed by atoms with Crippen LogP contribution in [0.2, 0.25) is 0 Å². The van der Waals surface area contributed by atoms with Gasteiger partial charge in [-0.05, 0) is 103 Å². The van der Waals surface area contributed by atoms with Crippen molar-refractivity contribution < 1.29 is 52.8 Å². The van der Waals surface area contributed by atoms with E-state index in [4.69, 9.17) is 58.8 Å². The molecule has 2 aromatic heterocycles. The van der Waals surface area contributed by atoms with E-state index < -0.39 is 35.1 Å². The molecule has 0 aliphatic carbocycles. The van der Waals surface area contributed by atoms with Crippen LogP contribution in [0, 0.1) is 0 Å². The number of hydrogen-bond acceptors (Lipinski definition) is 27. The maximum atomic E-state index is 13.8. The molecule has 37 heteroatoms. The number of hydrogen-bond donors (Lipinski definition) is 10. The molecule has 4 rings (SSSR count). The van der Waals surface area contributed by atoms with Crippen LogP contribution in [-0.2, 0) is 59.5 Å². The van der Waals surface area contributed by atoms with Crippen molar-refractivity contribution in [1.82, 2.24) is 90.7 Å². The normalized spacial score (nSPS) is 13.5. The number of aliphatic hydroxyl groups excluding tert-OH is 1. The highest BCUT2D eigenvalue weighted by Gasteiger charge is 2.24. The van der Waals surface area contributed by atoms with E-state index in [-0.39, 0.29) is 88.7 Å². The van der Waals surface area contributed by atoms with Gasteiger partial charge in [-0.25, -0.2) is 30.8 Å². The highest BCUT2D eigenvalue weighted by Crippen LogP contribution is 2.24. The van der Waals surface area contributed by atoms with Gasteiger partial charge >= 0.3 is 18.3 Å². The molecule has 93 heavy (non-hydrogen) atoms. The van der Waals surface area contributed by atoms with Crippen molar-refractivity contribution in [1.29, 1.82) is 0 Å². The zero-order chi connectivity index (χ0) is 70.5. The predicted molar refractivity (Wildman–Crippen MR) is 354 cm³/mol. The minimum absolute atomic E-state index is 0.0417. The third kappa shape index (κ3) is 40.0. The molecular formula is C56H106ClN24O11P. The van der Waals surface area contributed by atoms with Gasteiger partial charge < -0.3 is 91.3 Å². The number of methoxy groups -OCH3 is 1. The Morgan fingerprint density at radius 1 is 0.710 bits per heavy atom. The fourth-order valence-electron chi connectivity index (χ4n) is 7.14. The summed E-state index contributed by atoms with van der Waals surface area (Å²) in [6.45, 7) is 29.6. The second-order valence-corrected chi connectivity index (χ2v) is 25.9. The standard InChI is InChI=1S/C29H47ClN15O4P.C21H43N9O5.C5H12O.CH4O/c1-6-42-10-7-22(33-37-42)14-40(26(46)13-30)15-24-19-44(39-35-24)21-27(47)41(17-25-20-45(50-36-25)12-8-31-5)16-23-18-43(38-34-23)11-9-32-28(48)49-29(2,3)4;1-20(2,3)34-18(32)26-7-9-29(24)13-16(22)11-28(15-31)12-17(23)14-30(25)10-8-27-19(33)35-21(4,5)6;1-5(2,3)6-4;1-2/h7,18-20,31,36,50H,6,8-17,21H2,1-5H3,(H,32,48);13-15H,7-12,22-25H2,1-6H3,(H,26,32)(H,27,33);1-4H3;2H,1H3/b;16-13-,17-14-;;. The predicted octanol–water partition coefficient (Wildman–Crippen LogP) is 1.54. The number of nitrogens with one attached hydrogen (secondary N) is 5. The third-order valence-electron chi connectivity index (χ3n) is 11.5. The first-order valence-electron chi connectivity index (χ1n) is 29.9. The van der Waals surface area contributed by atoms with Crippen molar-refractivity contribution in [3.63, 3.8) is 0 Å². The first-order valence-corrected chi connectivity index (χ1v) is 31.4. The Morgan fingerprint density at radius 3 is 1.61 bits per heavy atom. The quantitative estimate of drug-likeness (QED) is 0.0128. The van der Waals surface area contributed by atoms with Crippen molar-refractivity contribution in [2.75, 3.05) is 112 Å². The fraction of sp³-hybridized carbons (Fsp3) is 0.679. The lowest BCUT2D eigenvalue weighted by Crippen LogP contribution is -2.40. The number of halogens is 1. The molecule has 0 bridgehead atoms. The Morgan fingerprint density at radius 2 is 1.18 bits per heavy atom. The van der Waals surface area contributed by atoms with Gasteiger partial charge in [0.2, 0.25) is 18.2 Å². The van der Waals surface area contributed by atoms with Gasteiger partial charge in [0.15, 0.2) is 0 Å². The number of carbonyl (C=O) groups excluding carboxylic acids is 6. The Bertz CT molecular complexity index is 2680. The van der Waals surface area contributed by atoms with Gasteiger partial charge in [0.25, 0.3) is 0 Å². The van der Waals surface area contributed by atoms with Crippen LogP contribution in [0.3, 0.4) is 0 Å². The Kier molecular flexibility index (Phi) is 37.9. The number of alkyl halides is 1. The van der Waals surface area contributed by atoms with E-state index in [1.807, 2.05) is 47.0 Å². The van der Waals surface area contributed by atoms with Gasteiger partial charge in [0.05, 0.1) is 104 Å². The summed E-state index contributed by atoms with van der Waals surface area (Å²) < 4.78 is 25.7. The summed E-state index contributed by atoms with van der Waals surface area (Å²) in [6.07, 6.45) is 9.21. The van der Waals surface area contributed by atoms with E-state index in [1.54, 1.807) is 96.4 Å².